The van der Waals surface area contributed by atoms with Gasteiger partial charge < -0.3 is 10.4 Å². The van der Waals surface area contributed by atoms with Crippen molar-refractivity contribution in [2.45, 2.75) is 52.3 Å². The third-order valence-corrected chi connectivity index (χ3v) is 4.80. The molecule has 4 nitrogen and oxygen atoms in total. The number of aryl methyl sites for hydroxylation is 2. The average molecular weight is 316 g/mol. The number of aromatic nitrogens is 2. The second-order valence-electron chi connectivity index (χ2n) is 5.05. The van der Waals surface area contributed by atoms with E-state index in [1.165, 1.54) is 5.69 Å². The molecule has 1 aromatic rings. The zero-order chi connectivity index (χ0) is 13.1. The van der Waals surface area contributed by atoms with Gasteiger partial charge in [-0.2, -0.15) is 5.10 Å². The van der Waals surface area contributed by atoms with Crippen molar-refractivity contribution >= 4 is 15.9 Å². The SMILES string of the molecule is CCn1nc(C)c(Br)c1CNCC1CCCC1O. The minimum absolute atomic E-state index is 0.112. The van der Waals surface area contributed by atoms with Crippen LogP contribution in [-0.2, 0) is 13.1 Å². The molecule has 2 unspecified atom stereocenters. The van der Waals surface area contributed by atoms with E-state index in [1.807, 2.05) is 11.6 Å². The highest BCUT2D eigenvalue weighted by Gasteiger charge is 2.24. The van der Waals surface area contributed by atoms with Crippen LogP contribution in [0.4, 0.5) is 0 Å². The fourth-order valence-electron chi connectivity index (χ4n) is 2.67. The molecule has 1 heterocycles. The first kappa shape index (κ1) is 14.0. The molecule has 0 amide bonds. The van der Waals surface area contributed by atoms with Gasteiger partial charge in [-0.25, -0.2) is 0 Å². The molecule has 5 heteroatoms. The Labute approximate surface area is 117 Å². The number of hydrogen-bond donors (Lipinski definition) is 2. The van der Waals surface area contributed by atoms with E-state index in [9.17, 15) is 5.11 Å². The van der Waals surface area contributed by atoms with Crippen molar-refractivity contribution in [3.63, 3.8) is 0 Å². The fraction of sp³-hybridized carbons (Fsp3) is 0.769. The number of hydrogen-bond acceptors (Lipinski definition) is 3. The van der Waals surface area contributed by atoms with Crippen LogP contribution in [0.2, 0.25) is 0 Å². The van der Waals surface area contributed by atoms with Crippen LogP contribution in [0.3, 0.4) is 0 Å². The first-order chi connectivity index (χ1) is 8.63. The van der Waals surface area contributed by atoms with Crippen molar-refractivity contribution in [1.82, 2.24) is 15.1 Å². The number of aliphatic hydroxyl groups excluding tert-OH is 1. The molecule has 1 fully saturated rings. The molecular weight excluding hydrogens is 294 g/mol. The van der Waals surface area contributed by atoms with Crippen molar-refractivity contribution in [3.8, 4) is 0 Å². The van der Waals surface area contributed by atoms with Gasteiger partial charge in [-0.3, -0.25) is 4.68 Å². The lowest BCUT2D eigenvalue weighted by atomic mass is 10.1. The van der Waals surface area contributed by atoms with Crippen LogP contribution in [-0.4, -0.2) is 27.5 Å². The first-order valence-electron chi connectivity index (χ1n) is 6.74. The Morgan fingerprint density at radius 3 is 2.89 bits per heavy atom. The summed E-state index contributed by atoms with van der Waals surface area (Å²) in [5.41, 5.74) is 2.23. The molecular formula is C13H22BrN3O. The molecule has 18 heavy (non-hydrogen) atoms. The Morgan fingerprint density at radius 1 is 1.50 bits per heavy atom. The predicted molar refractivity (Wildman–Crippen MR) is 75.4 cm³/mol. The van der Waals surface area contributed by atoms with Crippen LogP contribution in [0, 0.1) is 12.8 Å². The number of nitrogens with one attached hydrogen (secondary N) is 1. The molecule has 1 aliphatic carbocycles. The average Bonchev–Trinajstić information content (AvgIpc) is 2.87. The van der Waals surface area contributed by atoms with Gasteiger partial charge in [-0.05, 0) is 48.5 Å². The van der Waals surface area contributed by atoms with E-state index in [2.05, 4.69) is 33.3 Å². The Bertz CT molecular complexity index is 405. The Hall–Kier alpha value is -0.390. The van der Waals surface area contributed by atoms with Gasteiger partial charge in [0.1, 0.15) is 0 Å². The standard InChI is InChI=1S/C13H22BrN3O/c1-3-17-11(13(14)9(2)16-17)8-15-7-10-5-4-6-12(10)18/h10,12,15,18H,3-8H2,1-2H3. The van der Waals surface area contributed by atoms with E-state index < -0.39 is 0 Å². The molecule has 0 radical (unpaired) electrons. The number of aliphatic hydroxyl groups is 1. The van der Waals surface area contributed by atoms with E-state index in [1.54, 1.807) is 0 Å². The Kier molecular flexibility index (Phi) is 4.81. The lowest BCUT2D eigenvalue weighted by Gasteiger charge is -2.15. The number of nitrogens with zero attached hydrogens (tertiary/aromatic N) is 2. The van der Waals surface area contributed by atoms with Gasteiger partial charge in [0.2, 0.25) is 0 Å². The summed E-state index contributed by atoms with van der Waals surface area (Å²) in [6.07, 6.45) is 3.14. The summed E-state index contributed by atoms with van der Waals surface area (Å²) in [6, 6.07) is 0. The van der Waals surface area contributed by atoms with Crippen LogP contribution in [0.1, 0.15) is 37.6 Å². The molecule has 0 bridgehead atoms. The van der Waals surface area contributed by atoms with Gasteiger partial charge in [0.25, 0.3) is 0 Å². The number of halogens is 1. The topological polar surface area (TPSA) is 50.1 Å². The van der Waals surface area contributed by atoms with Crippen LogP contribution in [0.5, 0.6) is 0 Å². The zero-order valence-corrected chi connectivity index (χ0v) is 12.7. The first-order valence-corrected chi connectivity index (χ1v) is 7.53. The second-order valence-corrected chi connectivity index (χ2v) is 5.84. The maximum atomic E-state index is 9.78. The highest BCUT2D eigenvalue weighted by molar-refractivity contribution is 9.10. The molecule has 0 saturated heterocycles. The minimum atomic E-state index is -0.112. The fourth-order valence-corrected chi connectivity index (χ4v) is 3.09. The van der Waals surface area contributed by atoms with Crippen LogP contribution < -0.4 is 5.32 Å². The summed E-state index contributed by atoms with van der Waals surface area (Å²) < 4.78 is 3.13. The van der Waals surface area contributed by atoms with E-state index in [0.29, 0.717) is 5.92 Å². The van der Waals surface area contributed by atoms with Gasteiger partial charge in [0.05, 0.1) is 22.0 Å². The van der Waals surface area contributed by atoms with Crippen LogP contribution in [0.15, 0.2) is 4.47 Å². The molecule has 0 aromatic carbocycles. The Morgan fingerprint density at radius 2 is 2.28 bits per heavy atom. The van der Waals surface area contributed by atoms with E-state index in [-0.39, 0.29) is 6.10 Å². The molecule has 2 N–H and O–H groups in total. The third kappa shape index (κ3) is 2.95. The summed E-state index contributed by atoms with van der Waals surface area (Å²) in [5, 5.41) is 17.7. The molecule has 1 aliphatic rings. The van der Waals surface area contributed by atoms with E-state index >= 15 is 0 Å². The van der Waals surface area contributed by atoms with Gasteiger partial charge in [-0.15, -0.1) is 0 Å². The van der Waals surface area contributed by atoms with Crippen molar-refractivity contribution in [2.24, 2.45) is 5.92 Å². The van der Waals surface area contributed by atoms with Crippen molar-refractivity contribution in [2.75, 3.05) is 6.54 Å². The van der Waals surface area contributed by atoms with Crippen molar-refractivity contribution in [1.29, 1.82) is 0 Å². The zero-order valence-electron chi connectivity index (χ0n) is 11.1. The Balaban J connectivity index is 1.90. The molecule has 1 aromatic heterocycles. The highest BCUT2D eigenvalue weighted by atomic mass is 79.9. The maximum absolute atomic E-state index is 9.78. The highest BCUT2D eigenvalue weighted by Crippen LogP contribution is 2.25. The summed E-state index contributed by atoms with van der Waals surface area (Å²) in [6.45, 7) is 6.69. The summed E-state index contributed by atoms with van der Waals surface area (Å²) in [5.74, 6) is 0.419. The molecule has 0 spiro atoms. The molecule has 2 rings (SSSR count). The van der Waals surface area contributed by atoms with Gasteiger partial charge >= 0.3 is 0 Å². The lowest BCUT2D eigenvalue weighted by Crippen LogP contribution is -2.28. The monoisotopic (exact) mass is 315 g/mol. The molecule has 0 aliphatic heterocycles. The van der Waals surface area contributed by atoms with Crippen molar-refractivity contribution in [3.05, 3.63) is 15.9 Å². The van der Waals surface area contributed by atoms with Crippen molar-refractivity contribution < 1.29 is 5.11 Å². The summed E-state index contributed by atoms with van der Waals surface area (Å²) >= 11 is 3.59. The molecule has 2 atom stereocenters. The summed E-state index contributed by atoms with van der Waals surface area (Å²) in [4.78, 5) is 0. The molecule has 102 valence electrons. The third-order valence-electron chi connectivity index (χ3n) is 3.77. The van der Waals surface area contributed by atoms with Crippen LogP contribution in [0.25, 0.3) is 0 Å². The van der Waals surface area contributed by atoms with Gasteiger partial charge in [-0.1, -0.05) is 6.42 Å². The quantitative estimate of drug-likeness (QED) is 0.876. The second kappa shape index (κ2) is 6.17. The minimum Gasteiger partial charge on any atom is -0.393 e. The largest absolute Gasteiger partial charge is 0.393 e. The maximum Gasteiger partial charge on any atom is 0.0739 e. The lowest BCUT2D eigenvalue weighted by molar-refractivity contribution is 0.131. The van der Waals surface area contributed by atoms with E-state index in [0.717, 1.165) is 49.1 Å². The van der Waals surface area contributed by atoms with E-state index in [4.69, 9.17) is 0 Å². The number of rotatable bonds is 5. The normalized spacial score (nSPS) is 23.8. The van der Waals surface area contributed by atoms with Crippen LogP contribution >= 0.6 is 15.9 Å². The predicted octanol–water partition coefficient (Wildman–Crippen LogP) is 2.22. The summed E-state index contributed by atoms with van der Waals surface area (Å²) in [7, 11) is 0. The van der Waals surface area contributed by atoms with Gasteiger partial charge in [0.15, 0.2) is 0 Å². The molecule has 1 saturated carbocycles. The smallest absolute Gasteiger partial charge is 0.0739 e. The van der Waals surface area contributed by atoms with Gasteiger partial charge in [0, 0.05) is 19.6 Å².